The van der Waals surface area contributed by atoms with Gasteiger partial charge in [-0.25, -0.2) is 14.4 Å². The lowest BCUT2D eigenvalue weighted by molar-refractivity contribution is -0.353. The van der Waals surface area contributed by atoms with E-state index in [9.17, 15) is 99.9 Å². The van der Waals surface area contributed by atoms with E-state index in [4.69, 9.17) is 24.1 Å². The summed E-state index contributed by atoms with van der Waals surface area (Å²) >= 11 is 0. The molecule has 2 aliphatic rings. The number of nitrogens with one attached hydrogen (secondary N) is 3. The Morgan fingerprint density at radius 1 is 0.623 bits per heavy atom. The largest absolute Gasteiger partial charge is 0.477 e. The third-order valence-corrected chi connectivity index (χ3v) is 9.73. The van der Waals surface area contributed by atoms with Gasteiger partial charge in [0.2, 0.25) is 23.5 Å². The van der Waals surface area contributed by atoms with Crippen LogP contribution in [0.1, 0.15) is 40.0 Å². The quantitative estimate of drug-likeness (QED) is 0.0424. The first kappa shape index (κ1) is 53.0. The van der Waals surface area contributed by atoms with Crippen LogP contribution in [-0.2, 0) is 52.5 Å². The van der Waals surface area contributed by atoms with Crippen molar-refractivity contribution in [3.8, 4) is 0 Å². The summed E-state index contributed by atoms with van der Waals surface area (Å²) in [6.45, 7) is -1.36. The topological polar surface area (TPSA) is 476 Å². The van der Waals surface area contributed by atoms with Gasteiger partial charge in [-0.15, -0.1) is 0 Å². The second-order valence-corrected chi connectivity index (χ2v) is 14.4. The fourth-order valence-electron chi connectivity index (χ4n) is 6.78. The molecule has 17 atom stereocenters. The van der Waals surface area contributed by atoms with Crippen molar-refractivity contribution in [1.29, 1.82) is 0 Å². The van der Waals surface area contributed by atoms with E-state index in [-0.39, 0.29) is 0 Å². The summed E-state index contributed by atoms with van der Waals surface area (Å²) in [5.41, 5.74) is 0. The standard InChI is InChI=1S/C33H53N3O25/c1-10(40)34-20(13(43)4-14(44)29(52)53)26(51)24(49)18(8-38)58-32(30(54)55)6-16(46)22(36-12(3)42)28(61-32)25(50)19(9-39)59-33(31(56)57)5-15(45)21(35-11(2)41)27(60-33)23(48)17(47)7-37/h13,15-28,37-39,43,45-51H,4-9H2,1-3H3,(H,34,40)(H,35,41)(H,36,42)(H,52,53)(H,54,55)(H,56,57)/t13-,15-,16-,17+,18+,19+,20+,21+,22+,23+,24+,25+,26+,27?,28?,32?,33?/m0/s1. The first-order valence-electron chi connectivity index (χ1n) is 18.2. The average Bonchev–Trinajstić information content (AvgIpc) is 3.17. The highest BCUT2D eigenvalue weighted by Crippen LogP contribution is 2.38. The first-order valence-corrected chi connectivity index (χ1v) is 18.2. The summed E-state index contributed by atoms with van der Waals surface area (Å²) in [6.07, 6.45) is -31.4. The van der Waals surface area contributed by atoms with E-state index in [1.807, 2.05) is 5.32 Å². The molecule has 2 rings (SSSR count). The third-order valence-electron chi connectivity index (χ3n) is 9.73. The number of carbonyl (C=O) groups is 7. The lowest BCUT2D eigenvalue weighted by Gasteiger charge is -2.50. The van der Waals surface area contributed by atoms with Gasteiger partial charge in [-0.1, -0.05) is 0 Å². The minimum absolute atomic E-state index is 0.847. The number of carboxylic acids is 3. The van der Waals surface area contributed by atoms with E-state index in [1.165, 1.54) is 0 Å². The van der Waals surface area contributed by atoms with E-state index in [1.54, 1.807) is 0 Å². The number of aliphatic carboxylic acids is 3. The molecule has 2 aliphatic heterocycles. The van der Waals surface area contributed by atoms with Crippen LogP contribution in [0.25, 0.3) is 0 Å². The number of ether oxygens (including phenoxy) is 4. The monoisotopic (exact) mass is 891 g/mol. The van der Waals surface area contributed by atoms with Gasteiger partial charge in [-0.05, 0) is 0 Å². The minimum Gasteiger partial charge on any atom is -0.477 e. The van der Waals surface area contributed by atoms with E-state index in [2.05, 4.69) is 10.6 Å². The second kappa shape index (κ2) is 22.3. The molecule has 17 N–H and O–H groups in total. The zero-order valence-electron chi connectivity index (χ0n) is 32.7. The summed E-state index contributed by atoms with van der Waals surface area (Å²) in [4.78, 5) is 84.4. The van der Waals surface area contributed by atoms with Crippen molar-refractivity contribution < 1.29 is 124 Å². The van der Waals surface area contributed by atoms with Gasteiger partial charge >= 0.3 is 17.9 Å². The molecule has 0 bridgehead atoms. The van der Waals surface area contributed by atoms with Crippen molar-refractivity contribution >= 4 is 41.4 Å². The van der Waals surface area contributed by atoms with Gasteiger partial charge in [0.1, 0.15) is 54.9 Å². The molecule has 4 unspecified atom stereocenters. The van der Waals surface area contributed by atoms with Crippen LogP contribution in [0.2, 0.25) is 0 Å². The van der Waals surface area contributed by atoms with Crippen LogP contribution in [-0.4, -0.2) is 236 Å². The van der Waals surface area contributed by atoms with Gasteiger partial charge in [-0.2, -0.15) is 0 Å². The summed E-state index contributed by atoms with van der Waals surface area (Å²) < 4.78 is 22.0. The molecule has 350 valence electrons. The van der Waals surface area contributed by atoms with Crippen LogP contribution in [0.3, 0.4) is 0 Å². The molecule has 2 fully saturated rings. The van der Waals surface area contributed by atoms with Gasteiger partial charge in [0, 0.05) is 40.0 Å². The van der Waals surface area contributed by atoms with Gasteiger partial charge in [0.15, 0.2) is 0 Å². The molecule has 2 heterocycles. The summed E-state index contributed by atoms with van der Waals surface area (Å²) in [6, 6.07) is -5.70. The van der Waals surface area contributed by atoms with Gasteiger partial charge in [-0.3, -0.25) is 19.2 Å². The number of ketones is 1. The zero-order valence-corrected chi connectivity index (χ0v) is 32.7. The molecule has 0 saturated carbocycles. The molecule has 2 saturated heterocycles. The van der Waals surface area contributed by atoms with Crippen LogP contribution < -0.4 is 16.0 Å². The van der Waals surface area contributed by atoms with Crippen LogP contribution in [0.5, 0.6) is 0 Å². The molecule has 3 amide bonds. The van der Waals surface area contributed by atoms with E-state index < -0.39 is 183 Å². The highest BCUT2D eigenvalue weighted by atomic mass is 16.8. The summed E-state index contributed by atoms with van der Waals surface area (Å²) in [5, 5.41) is 153. The van der Waals surface area contributed by atoms with Gasteiger partial charge < -0.3 is 106 Å². The number of hydrogen-bond acceptors (Lipinski definition) is 22. The molecule has 28 nitrogen and oxygen atoms in total. The number of aliphatic hydroxyl groups excluding tert-OH is 11. The molecule has 0 aliphatic carbocycles. The Bertz CT molecular complexity index is 1570. The fraction of sp³-hybridized carbons (Fsp3) is 0.788. The number of carbonyl (C=O) groups excluding carboxylic acids is 4. The Balaban J connectivity index is 2.63. The Morgan fingerprint density at radius 2 is 1.05 bits per heavy atom. The number of amides is 3. The molecule has 0 radical (unpaired) electrons. The number of rotatable bonds is 23. The molecule has 28 heteroatoms. The molecule has 0 aromatic carbocycles. The lowest BCUT2D eigenvalue weighted by Crippen LogP contribution is -2.71. The van der Waals surface area contributed by atoms with E-state index in [0.717, 1.165) is 20.8 Å². The van der Waals surface area contributed by atoms with Crippen molar-refractivity contribution in [2.24, 2.45) is 0 Å². The average molecular weight is 892 g/mol. The molecular weight excluding hydrogens is 838 g/mol. The van der Waals surface area contributed by atoms with Crippen LogP contribution in [0, 0.1) is 0 Å². The summed E-state index contributed by atoms with van der Waals surface area (Å²) in [7, 11) is 0. The Labute approximate surface area is 344 Å². The maximum Gasteiger partial charge on any atom is 0.372 e. The third kappa shape index (κ3) is 13.0. The van der Waals surface area contributed by atoms with Crippen molar-refractivity contribution in [3.63, 3.8) is 0 Å². The lowest BCUT2D eigenvalue weighted by atomic mass is 9.87. The van der Waals surface area contributed by atoms with Crippen LogP contribution in [0.15, 0.2) is 0 Å². The Hall–Kier alpha value is -4.11. The van der Waals surface area contributed by atoms with Gasteiger partial charge in [0.05, 0.1) is 56.3 Å². The minimum atomic E-state index is -3.36. The molecule has 0 aromatic rings. The number of hydrogen-bond donors (Lipinski definition) is 17. The van der Waals surface area contributed by atoms with E-state index >= 15 is 0 Å². The zero-order chi connectivity index (χ0) is 46.9. The first-order chi connectivity index (χ1) is 28.2. The highest BCUT2D eigenvalue weighted by molar-refractivity contribution is 6.32. The number of aliphatic hydroxyl groups is 11. The maximum atomic E-state index is 12.9. The van der Waals surface area contributed by atoms with E-state index in [0.29, 0.717) is 0 Å². The van der Waals surface area contributed by atoms with Crippen molar-refractivity contribution in [3.05, 3.63) is 0 Å². The smallest absolute Gasteiger partial charge is 0.372 e. The van der Waals surface area contributed by atoms with Crippen molar-refractivity contribution in [1.82, 2.24) is 16.0 Å². The predicted molar refractivity (Wildman–Crippen MR) is 189 cm³/mol. The number of carboxylic acid groups (broad SMARTS) is 3. The predicted octanol–water partition coefficient (Wildman–Crippen LogP) is -9.68. The van der Waals surface area contributed by atoms with Gasteiger partial charge in [0.25, 0.3) is 11.6 Å². The Morgan fingerprint density at radius 3 is 1.41 bits per heavy atom. The van der Waals surface area contributed by atoms with Crippen molar-refractivity contribution in [2.75, 3.05) is 19.8 Å². The molecule has 0 spiro atoms. The molecule has 0 aromatic heterocycles. The number of Topliss-reactive ketones (excluding diaryl/α,β-unsaturated/α-hetero) is 1. The molecule has 61 heavy (non-hydrogen) atoms. The summed E-state index contributed by atoms with van der Waals surface area (Å²) in [5.74, 6) is -17.4. The normalized spacial score (nSPS) is 31.1. The second-order valence-electron chi connectivity index (χ2n) is 14.4. The maximum absolute atomic E-state index is 12.9. The SMILES string of the molecule is CC(=O)N[C@@H]([C@@H](O)[C@H](O)[C@@H](CO)OC1(C(=O)O)C[C@H](O)[C@@H](NC(C)=O)C([C@H](O)[C@@H](CO)OC2(C(=O)O)C[C@H](O)[C@@H](NC(C)=O)C([C@H](O)[C@H](O)CO)O2)O1)[C@@H](O)CC(=O)C(=O)O. The van der Waals surface area contributed by atoms with Crippen LogP contribution >= 0.6 is 0 Å². The highest BCUT2D eigenvalue weighted by Gasteiger charge is 2.61. The van der Waals surface area contributed by atoms with Crippen molar-refractivity contribution in [2.45, 2.75) is 143 Å². The van der Waals surface area contributed by atoms with Crippen LogP contribution in [0.4, 0.5) is 0 Å². The molecular formula is C33H53N3O25. The Kier molecular flexibility index (Phi) is 19.4. The fourth-order valence-corrected chi connectivity index (χ4v) is 6.78.